The van der Waals surface area contributed by atoms with Crippen molar-refractivity contribution in [2.75, 3.05) is 19.6 Å². The van der Waals surface area contributed by atoms with Gasteiger partial charge in [0.25, 0.3) is 0 Å². The Bertz CT molecular complexity index is 531. The average molecular weight is 293 g/mol. The third kappa shape index (κ3) is 5.13. The maximum atomic E-state index is 11.8. The zero-order valence-electron chi connectivity index (χ0n) is 11.8. The lowest BCUT2D eigenvalue weighted by molar-refractivity contribution is -0.118. The number of nitrogens with zero attached hydrogens (tertiary/aromatic N) is 1. The summed E-state index contributed by atoms with van der Waals surface area (Å²) in [4.78, 5) is 35.0. The van der Waals surface area contributed by atoms with E-state index in [-0.39, 0.29) is 18.7 Å². The summed E-state index contributed by atoms with van der Waals surface area (Å²) in [5, 5.41) is 11.7. The van der Waals surface area contributed by atoms with Gasteiger partial charge in [0.15, 0.2) is 0 Å². The minimum atomic E-state index is -0.999. The number of carboxylic acid groups (broad SMARTS) is 1. The monoisotopic (exact) mass is 293 g/mol. The Morgan fingerprint density at radius 3 is 2.52 bits per heavy atom. The molecule has 0 aromatic heterocycles. The van der Waals surface area contributed by atoms with E-state index in [1.54, 1.807) is 25.1 Å². The molecule has 1 rings (SSSR count). The molecule has 0 aliphatic carbocycles. The Labute approximate surface area is 122 Å². The summed E-state index contributed by atoms with van der Waals surface area (Å²) in [5.41, 5.74) is 5.91. The van der Waals surface area contributed by atoms with Gasteiger partial charge in [0.2, 0.25) is 5.91 Å². The second-order valence-corrected chi connectivity index (χ2v) is 4.42. The Morgan fingerprint density at radius 2 is 1.95 bits per heavy atom. The Kier molecular flexibility index (Phi) is 6.19. The van der Waals surface area contributed by atoms with Crippen LogP contribution in [0.2, 0.25) is 0 Å². The first-order valence-corrected chi connectivity index (χ1v) is 6.58. The van der Waals surface area contributed by atoms with E-state index < -0.39 is 17.9 Å². The molecule has 0 atom stereocenters. The van der Waals surface area contributed by atoms with Gasteiger partial charge in [-0.25, -0.2) is 9.59 Å². The molecule has 4 N–H and O–H groups in total. The molecule has 7 heteroatoms. The van der Waals surface area contributed by atoms with Crippen molar-refractivity contribution in [1.82, 2.24) is 10.2 Å². The summed E-state index contributed by atoms with van der Waals surface area (Å²) >= 11 is 0. The first-order valence-electron chi connectivity index (χ1n) is 6.58. The molecule has 0 radical (unpaired) electrons. The van der Waals surface area contributed by atoms with Crippen molar-refractivity contribution in [3.05, 3.63) is 35.4 Å². The topological polar surface area (TPSA) is 113 Å². The zero-order chi connectivity index (χ0) is 15.8. The number of primary amides is 1. The van der Waals surface area contributed by atoms with E-state index in [0.29, 0.717) is 18.5 Å². The first kappa shape index (κ1) is 16.5. The minimum absolute atomic E-state index is 0.145. The van der Waals surface area contributed by atoms with Gasteiger partial charge in [-0.05, 0) is 25.0 Å². The van der Waals surface area contributed by atoms with Crippen LogP contribution < -0.4 is 11.1 Å². The summed E-state index contributed by atoms with van der Waals surface area (Å²) in [6.45, 7) is 2.23. The summed E-state index contributed by atoms with van der Waals surface area (Å²) < 4.78 is 0. The number of nitrogens with one attached hydrogen (secondary N) is 1. The Morgan fingerprint density at radius 1 is 1.29 bits per heavy atom. The van der Waals surface area contributed by atoms with Gasteiger partial charge in [0.05, 0.1) is 5.56 Å². The zero-order valence-corrected chi connectivity index (χ0v) is 11.8. The minimum Gasteiger partial charge on any atom is -0.478 e. The van der Waals surface area contributed by atoms with Crippen LogP contribution in [0.1, 0.15) is 22.8 Å². The molecule has 0 saturated heterocycles. The van der Waals surface area contributed by atoms with Gasteiger partial charge < -0.3 is 21.1 Å². The van der Waals surface area contributed by atoms with Crippen LogP contribution in [0, 0.1) is 0 Å². The molecule has 0 heterocycles. The van der Waals surface area contributed by atoms with Crippen molar-refractivity contribution in [2.24, 2.45) is 5.73 Å². The number of rotatable bonds is 7. The molecule has 3 amide bonds. The molecule has 0 saturated carbocycles. The fourth-order valence-electron chi connectivity index (χ4n) is 1.88. The molecule has 114 valence electrons. The quantitative estimate of drug-likeness (QED) is 0.677. The standard InChI is InChI=1S/C14H19N3O4/c1-2-17(9-12(15)18)14(21)16-8-7-10-5-3-4-6-11(10)13(19)20/h3-6H,2,7-9H2,1H3,(H2,15,18)(H,16,21)(H,19,20). The highest BCUT2D eigenvalue weighted by Crippen LogP contribution is 2.09. The predicted octanol–water partition coefficient (Wildman–Crippen LogP) is 0.444. The molecule has 21 heavy (non-hydrogen) atoms. The van der Waals surface area contributed by atoms with E-state index in [4.69, 9.17) is 10.8 Å². The maximum Gasteiger partial charge on any atom is 0.335 e. The molecule has 0 unspecified atom stereocenters. The molecule has 1 aromatic rings. The van der Waals surface area contributed by atoms with Crippen molar-refractivity contribution >= 4 is 17.9 Å². The number of likely N-dealkylation sites (N-methyl/N-ethyl adjacent to an activating group) is 1. The van der Waals surface area contributed by atoms with Crippen molar-refractivity contribution < 1.29 is 19.5 Å². The fourth-order valence-corrected chi connectivity index (χ4v) is 1.88. The fraction of sp³-hybridized carbons (Fsp3) is 0.357. The van der Waals surface area contributed by atoms with Crippen LogP contribution in [0.3, 0.4) is 0 Å². The summed E-state index contributed by atoms with van der Waals surface area (Å²) in [5.74, 6) is -1.58. The smallest absolute Gasteiger partial charge is 0.335 e. The van der Waals surface area contributed by atoms with Crippen LogP contribution in [0.15, 0.2) is 24.3 Å². The van der Waals surface area contributed by atoms with Crippen molar-refractivity contribution in [3.8, 4) is 0 Å². The van der Waals surface area contributed by atoms with Gasteiger partial charge in [-0.1, -0.05) is 18.2 Å². The van der Waals surface area contributed by atoms with Crippen LogP contribution in [0.4, 0.5) is 4.79 Å². The Hall–Kier alpha value is -2.57. The van der Waals surface area contributed by atoms with Crippen LogP contribution in [0.25, 0.3) is 0 Å². The van der Waals surface area contributed by atoms with Crippen LogP contribution >= 0.6 is 0 Å². The van der Waals surface area contributed by atoms with Gasteiger partial charge in [-0.15, -0.1) is 0 Å². The van der Waals surface area contributed by atoms with Crippen LogP contribution in [-0.2, 0) is 11.2 Å². The highest BCUT2D eigenvalue weighted by Gasteiger charge is 2.14. The third-order valence-corrected chi connectivity index (χ3v) is 2.93. The van der Waals surface area contributed by atoms with E-state index in [0.717, 1.165) is 0 Å². The Balaban J connectivity index is 2.55. The lowest BCUT2D eigenvalue weighted by atomic mass is 10.0. The van der Waals surface area contributed by atoms with Gasteiger partial charge in [-0.3, -0.25) is 4.79 Å². The van der Waals surface area contributed by atoms with E-state index in [1.807, 2.05) is 0 Å². The second-order valence-electron chi connectivity index (χ2n) is 4.42. The second kappa shape index (κ2) is 7.88. The van der Waals surface area contributed by atoms with E-state index in [2.05, 4.69) is 5.32 Å². The number of hydrogen-bond acceptors (Lipinski definition) is 3. The number of aromatic carboxylic acids is 1. The normalized spacial score (nSPS) is 9.95. The summed E-state index contributed by atoms with van der Waals surface area (Å²) in [6.07, 6.45) is 0.391. The highest BCUT2D eigenvalue weighted by atomic mass is 16.4. The number of hydrogen-bond donors (Lipinski definition) is 3. The first-order chi connectivity index (χ1) is 9.95. The van der Waals surface area contributed by atoms with E-state index >= 15 is 0 Å². The molecule has 0 aliphatic heterocycles. The van der Waals surface area contributed by atoms with Crippen molar-refractivity contribution in [2.45, 2.75) is 13.3 Å². The number of carboxylic acids is 1. The van der Waals surface area contributed by atoms with E-state index in [9.17, 15) is 14.4 Å². The number of benzene rings is 1. The number of carbonyl (C=O) groups is 3. The van der Waals surface area contributed by atoms with E-state index in [1.165, 1.54) is 11.0 Å². The number of amides is 3. The molecule has 0 fully saturated rings. The van der Waals surface area contributed by atoms with Gasteiger partial charge in [-0.2, -0.15) is 0 Å². The average Bonchev–Trinajstić information content (AvgIpc) is 2.44. The van der Waals surface area contributed by atoms with Crippen molar-refractivity contribution in [3.63, 3.8) is 0 Å². The lowest BCUT2D eigenvalue weighted by Gasteiger charge is -2.19. The summed E-state index contributed by atoms with van der Waals surface area (Å²) in [6, 6.07) is 6.22. The molecule has 0 spiro atoms. The molecule has 7 nitrogen and oxygen atoms in total. The predicted molar refractivity (Wildman–Crippen MR) is 76.9 cm³/mol. The van der Waals surface area contributed by atoms with Gasteiger partial charge >= 0.3 is 12.0 Å². The molecular formula is C14H19N3O4. The maximum absolute atomic E-state index is 11.8. The SMILES string of the molecule is CCN(CC(N)=O)C(=O)NCCc1ccccc1C(=O)O. The third-order valence-electron chi connectivity index (χ3n) is 2.93. The number of urea groups is 1. The van der Waals surface area contributed by atoms with Gasteiger partial charge in [0, 0.05) is 13.1 Å². The van der Waals surface area contributed by atoms with Crippen LogP contribution in [-0.4, -0.2) is 47.5 Å². The highest BCUT2D eigenvalue weighted by molar-refractivity contribution is 5.89. The lowest BCUT2D eigenvalue weighted by Crippen LogP contribution is -2.44. The number of carbonyl (C=O) groups excluding carboxylic acids is 2. The molecular weight excluding hydrogens is 274 g/mol. The van der Waals surface area contributed by atoms with Gasteiger partial charge in [0.1, 0.15) is 6.54 Å². The largest absolute Gasteiger partial charge is 0.478 e. The number of nitrogens with two attached hydrogens (primary N) is 1. The molecule has 1 aromatic carbocycles. The summed E-state index contributed by atoms with van der Waals surface area (Å²) in [7, 11) is 0. The van der Waals surface area contributed by atoms with Crippen molar-refractivity contribution in [1.29, 1.82) is 0 Å². The molecule has 0 bridgehead atoms. The molecule has 0 aliphatic rings. The van der Waals surface area contributed by atoms with Crippen LogP contribution in [0.5, 0.6) is 0 Å².